The van der Waals surface area contributed by atoms with Gasteiger partial charge in [0.1, 0.15) is 0 Å². The number of hydrogen-bond donors (Lipinski definition) is 1. The molecule has 1 N–H and O–H groups in total. The molecule has 0 radical (unpaired) electrons. The monoisotopic (exact) mass is 262 g/mol. The van der Waals surface area contributed by atoms with Crippen molar-refractivity contribution < 1.29 is 5.11 Å². The van der Waals surface area contributed by atoms with Crippen molar-refractivity contribution in [2.75, 3.05) is 0 Å². The highest BCUT2D eigenvalue weighted by atomic mass is 16.3. The van der Waals surface area contributed by atoms with Crippen LogP contribution < -0.4 is 0 Å². The Morgan fingerprint density at radius 3 is 2.75 bits per heavy atom. The van der Waals surface area contributed by atoms with Crippen molar-refractivity contribution in [3.05, 3.63) is 70.3 Å². The second kappa shape index (κ2) is 5.15. The highest BCUT2D eigenvalue weighted by molar-refractivity contribution is 5.51. The van der Waals surface area contributed by atoms with Gasteiger partial charge in [-0.25, -0.2) is 0 Å². The average Bonchev–Trinajstić information content (AvgIpc) is 2.44. The van der Waals surface area contributed by atoms with Gasteiger partial charge in [-0.05, 0) is 35.6 Å². The minimum absolute atomic E-state index is 0.00778. The molecule has 0 aromatic heterocycles. The third-order valence-electron chi connectivity index (χ3n) is 4.12. The van der Waals surface area contributed by atoms with Crippen LogP contribution in [0.25, 0.3) is 0 Å². The van der Waals surface area contributed by atoms with Crippen LogP contribution in [0.5, 0.6) is 0 Å². The Kier molecular flexibility index (Phi) is 3.34. The van der Waals surface area contributed by atoms with Crippen LogP contribution in [0.4, 0.5) is 0 Å². The third-order valence-corrected chi connectivity index (χ3v) is 4.12. The third kappa shape index (κ3) is 2.13. The van der Waals surface area contributed by atoms with Gasteiger partial charge in [0, 0.05) is 12.3 Å². The maximum absolute atomic E-state index is 10.5. The van der Waals surface area contributed by atoms with Crippen molar-refractivity contribution in [1.82, 2.24) is 0 Å². The number of terminal acetylenes is 1. The fourth-order valence-electron chi connectivity index (χ4n) is 3.22. The van der Waals surface area contributed by atoms with Crippen LogP contribution in [-0.2, 0) is 6.42 Å². The van der Waals surface area contributed by atoms with E-state index in [0.717, 1.165) is 6.42 Å². The summed E-state index contributed by atoms with van der Waals surface area (Å²) in [5.74, 6) is 2.58. The van der Waals surface area contributed by atoms with E-state index in [9.17, 15) is 5.11 Å². The number of aliphatic hydroxyl groups is 1. The lowest BCUT2D eigenvalue weighted by atomic mass is 9.74. The summed E-state index contributed by atoms with van der Waals surface area (Å²) in [6.45, 7) is 2.10. The predicted octanol–water partition coefficient (Wildman–Crippen LogP) is 3.42. The normalized spacial score (nSPS) is 17.8. The fraction of sp³-hybridized carbons (Fsp3) is 0.263. The Balaban J connectivity index is 2.15. The molecule has 0 saturated heterocycles. The Labute approximate surface area is 120 Å². The molecule has 20 heavy (non-hydrogen) atoms. The van der Waals surface area contributed by atoms with Gasteiger partial charge in [0.25, 0.3) is 0 Å². The molecule has 0 bridgehead atoms. The summed E-state index contributed by atoms with van der Waals surface area (Å²) >= 11 is 0. The molecule has 2 aromatic rings. The Morgan fingerprint density at radius 1 is 1.20 bits per heavy atom. The van der Waals surface area contributed by atoms with Gasteiger partial charge in [-0.3, -0.25) is 0 Å². The summed E-state index contributed by atoms with van der Waals surface area (Å²) in [6, 6.07) is 14.8. The van der Waals surface area contributed by atoms with Crippen LogP contribution in [0, 0.1) is 19.3 Å². The van der Waals surface area contributed by atoms with Crippen molar-refractivity contribution in [2.24, 2.45) is 0 Å². The molecule has 2 atom stereocenters. The molecule has 1 aliphatic rings. The van der Waals surface area contributed by atoms with Crippen molar-refractivity contribution in [3.8, 4) is 12.3 Å². The molecular formula is C19H18O. The van der Waals surface area contributed by atoms with E-state index in [-0.39, 0.29) is 5.92 Å². The van der Waals surface area contributed by atoms with Gasteiger partial charge >= 0.3 is 0 Å². The molecule has 0 spiro atoms. The molecule has 1 aliphatic carbocycles. The second-order valence-corrected chi connectivity index (χ2v) is 5.53. The number of benzene rings is 2. The predicted molar refractivity (Wildman–Crippen MR) is 81.7 cm³/mol. The summed E-state index contributed by atoms with van der Waals surface area (Å²) < 4.78 is 0. The van der Waals surface area contributed by atoms with E-state index in [1.165, 1.54) is 27.8 Å². The van der Waals surface area contributed by atoms with E-state index < -0.39 is 6.10 Å². The molecule has 3 rings (SSSR count). The summed E-state index contributed by atoms with van der Waals surface area (Å²) in [5.41, 5.74) is 6.30. The van der Waals surface area contributed by atoms with Crippen LogP contribution >= 0.6 is 0 Å². The Bertz CT molecular complexity index is 678. The molecular weight excluding hydrogens is 244 g/mol. The number of aryl methyl sites for hydroxylation is 1. The molecule has 0 aliphatic heterocycles. The number of hydrogen-bond acceptors (Lipinski definition) is 1. The van der Waals surface area contributed by atoms with Crippen molar-refractivity contribution in [1.29, 1.82) is 0 Å². The van der Waals surface area contributed by atoms with Gasteiger partial charge in [0.05, 0.1) is 6.10 Å². The van der Waals surface area contributed by atoms with Gasteiger partial charge in [-0.15, -0.1) is 12.3 Å². The van der Waals surface area contributed by atoms with Gasteiger partial charge in [-0.1, -0.05) is 48.0 Å². The minimum Gasteiger partial charge on any atom is -0.391 e. The summed E-state index contributed by atoms with van der Waals surface area (Å²) in [6.07, 6.45) is 6.18. The highest BCUT2D eigenvalue weighted by Gasteiger charge is 2.30. The van der Waals surface area contributed by atoms with Gasteiger partial charge in [0.15, 0.2) is 0 Å². The van der Waals surface area contributed by atoms with Crippen molar-refractivity contribution in [2.45, 2.75) is 31.8 Å². The smallest absolute Gasteiger partial charge is 0.0758 e. The molecule has 0 fully saturated rings. The molecule has 1 nitrogen and oxygen atoms in total. The Hall–Kier alpha value is -2.04. The first kappa shape index (κ1) is 13.0. The number of aliphatic hydroxyl groups excluding tert-OH is 1. The number of fused-ring (bicyclic) bond motifs is 2. The maximum Gasteiger partial charge on any atom is 0.0758 e. The van der Waals surface area contributed by atoms with Crippen LogP contribution in [-0.4, -0.2) is 11.2 Å². The SMILES string of the molecule is C#CCC(O)C1c2ccccc2Cc2cc(C)ccc21. The molecule has 0 saturated carbocycles. The van der Waals surface area contributed by atoms with Crippen molar-refractivity contribution in [3.63, 3.8) is 0 Å². The maximum atomic E-state index is 10.5. The topological polar surface area (TPSA) is 20.2 Å². The number of rotatable bonds is 2. The zero-order chi connectivity index (χ0) is 14.1. The molecule has 100 valence electrons. The standard InChI is InChI=1S/C19H18O/c1-3-6-18(20)19-16-8-5-4-7-14(16)12-15-11-13(2)9-10-17(15)19/h1,4-5,7-11,18-20H,6,12H2,2H3. The van der Waals surface area contributed by atoms with E-state index in [2.05, 4.69) is 49.2 Å². The van der Waals surface area contributed by atoms with Crippen LogP contribution in [0.1, 0.15) is 40.2 Å². The van der Waals surface area contributed by atoms with Gasteiger partial charge < -0.3 is 5.11 Å². The Morgan fingerprint density at radius 2 is 1.95 bits per heavy atom. The summed E-state index contributed by atoms with van der Waals surface area (Å²) in [7, 11) is 0. The first-order valence-electron chi connectivity index (χ1n) is 6.99. The van der Waals surface area contributed by atoms with Crippen LogP contribution in [0.2, 0.25) is 0 Å². The molecule has 1 heteroatoms. The van der Waals surface area contributed by atoms with E-state index in [0.29, 0.717) is 6.42 Å². The molecule has 2 unspecified atom stereocenters. The lowest BCUT2D eigenvalue weighted by Gasteiger charge is -2.31. The highest BCUT2D eigenvalue weighted by Crippen LogP contribution is 2.39. The largest absolute Gasteiger partial charge is 0.391 e. The van der Waals surface area contributed by atoms with Gasteiger partial charge in [0.2, 0.25) is 0 Å². The summed E-state index contributed by atoms with van der Waals surface area (Å²) in [4.78, 5) is 0. The molecule has 0 heterocycles. The lowest BCUT2D eigenvalue weighted by molar-refractivity contribution is 0.160. The molecule has 0 amide bonds. The van der Waals surface area contributed by atoms with E-state index in [1.807, 2.05) is 6.07 Å². The fourth-order valence-corrected chi connectivity index (χ4v) is 3.22. The van der Waals surface area contributed by atoms with E-state index in [4.69, 9.17) is 6.42 Å². The zero-order valence-corrected chi connectivity index (χ0v) is 11.6. The quantitative estimate of drug-likeness (QED) is 0.822. The first-order valence-corrected chi connectivity index (χ1v) is 6.99. The lowest BCUT2D eigenvalue weighted by Crippen LogP contribution is -2.25. The van der Waals surface area contributed by atoms with Crippen molar-refractivity contribution >= 4 is 0 Å². The van der Waals surface area contributed by atoms with E-state index >= 15 is 0 Å². The van der Waals surface area contributed by atoms with Crippen LogP contribution in [0.3, 0.4) is 0 Å². The first-order chi connectivity index (χ1) is 9.70. The van der Waals surface area contributed by atoms with Gasteiger partial charge in [-0.2, -0.15) is 0 Å². The zero-order valence-electron chi connectivity index (χ0n) is 11.6. The summed E-state index contributed by atoms with van der Waals surface area (Å²) in [5, 5.41) is 10.5. The van der Waals surface area contributed by atoms with Crippen LogP contribution in [0.15, 0.2) is 42.5 Å². The second-order valence-electron chi connectivity index (χ2n) is 5.53. The van der Waals surface area contributed by atoms with E-state index in [1.54, 1.807) is 0 Å². The molecule has 2 aromatic carbocycles. The minimum atomic E-state index is -0.525. The average molecular weight is 262 g/mol.